The molecule has 0 aliphatic heterocycles. The number of halogens is 2. The smallest absolute Gasteiger partial charge is 0.264 e. The van der Waals surface area contributed by atoms with E-state index in [0.29, 0.717) is 22.4 Å². The number of nitrogens with zero attached hydrogens (tertiary/aromatic N) is 5. The highest BCUT2D eigenvalue weighted by atomic mass is 19.3. The molecular formula is C16H19F2N5. The molecule has 0 aromatic carbocycles. The van der Waals surface area contributed by atoms with Gasteiger partial charge in [0.05, 0.1) is 22.5 Å². The van der Waals surface area contributed by atoms with Crippen LogP contribution in [0.4, 0.5) is 8.78 Å². The summed E-state index contributed by atoms with van der Waals surface area (Å²) >= 11 is 0. The zero-order chi connectivity index (χ0) is 16.9. The van der Waals surface area contributed by atoms with Crippen LogP contribution < -0.4 is 0 Å². The van der Waals surface area contributed by atoms with Gasteiger partial charge in [-0.05, 0) is 33.8 Å². The number of pyridine rings is 1. The molecular weight excluding hydrogens is 300 g/mol. The van der Waals surface area contributed by atoms with E-state index in [1.807, 2.05) is 20.8 Å². The van der Waals surface area contributed by atoms with Crippen molar-refractivity contribution in [1.29, 1.82) is 0 Å². The minimum Gasteiger partial charge on any atom is -0.275 e. The lowest BCUT2D eigenvalue weighted by Crippen LogP contribution is -2.04. The Morgan fingerprint density at radius 3 is 2.30 bits per heavy atom. The van der Waals surface area contributed by atoms with Crippen LogP contribution in [0.5, 0.6) is 0 Å². The summed E-state index contributed by atoms with van der Waals surface area (Å²) in [4.78, 5) is 4.62. The summed E-state index contributed by atoms with van der Waals surface area (Å²) in [6.07, 6.45) is -0.790. The second-order valence-electron chi connectivity index (χ2n) is 6.02. The van der Waals surface area contributed by atoms with Gasteiger partial charge in [-0.25, -0.2) is 18.4 Å². The van der Waals surface area contributed by atoms with Crippen LogP contribution >= 0.6 is 0 Å². The molecule has 0 radical (unpaired) electrons. The molecule has 0 spiro atoms. The standard InChI is InChI=1S/C16H19F2N5/c1-8(2)23-16-14(10(4)21-23)11(15(17)18)6-13(19-16)12-7-22(5)20-9(12)3/h6-8,15H,1-5H3. The Bertz CT molecular complexity index is 876. The van der Waals surface area contributed by atoms with Gasteiger partial charge in [0.25, 0.3) is 6.43 Å². The molecule has 23 heavy (non-hydrogen) atoms. The number of fused-ring (bicyclic) bond motifs is 1. The predicted octanol–water partition coefficient (Wildman–Crippen LogP) is 3.97. The van der Waals surface area contributed by atoms with Gasteiger partial charge in [0, 0.05) is 30.4 Å². The highest BCUT2D eigenvalue weighted by molar-refractivity contribution is 5.85. The van der Waals surface area contributed by atoms with E-state index in [-0.39, 0.29) is 11.6 Å². The van der Waals surface area contributed by atoms with E-state index in [9.17, 15) is 8.78 Å². The Kier molecular flexibility index (Phi) is 3.66. The lowest BCUT2D eigenvalue weighted by Gasteiger charge is -2.10. The van der Waals surface area contributed by atoms with Gasteiger partial charge in [-0.2, -0.15) is 10.2 Å². The molecule has 0 aliphatic rings. The molecule has 0 amide bonds. The van der Waals surface area contributed by atoms with Gasteiger partial charge in [-0.1, -0.05) is 0 Å². The third-order valence-electron chi connectivity index (χ3n) is 3.88. The van der Waals surface area contributed by atoms with E-state index >= 15 is 0 Å². The van der Waals surface area contributed by atoms with Crippen LogP contribution in [0.2, 0.25) is 0 Å². The Labute approximate surface area is 132 Å². The number of rotatable bonds is 3. The summed E-state index contributed by atoms with van der Waals surface area (Å²) in [5, 5.41) is 9.11. The average molecular weight is 319 g/mol. The Hall–Kier alpha value is -2.31. The molecule has 0 saturated carbocycles. The van der Waals surface area contributed by atoms with Crippen molar-refractivity contribution in [2.45, 2.75) is 40.2 Å². The molecule has 5 nitrogen and oxygen atoms in total. The molecule has 3 rings (SSSR count). The molecule has 0 atom stereocenters. The van der Waals surface area contributed by atoms with Crippen LogP contribution in [-0.4, -0.2) is 24.5 Å². The summed E-state index contributed by atoms with van der Waals surface area (Å²) in [6.45, 7) is 7.49. The molecule has 0 fully saturated rings. The van der Waals surface area contributed by atoms with E-state index < -0.39 is 6.43 Å². The first-order valence-electron chi connectivity index (χ1n) is 7.48. The van der Waals surface area contributed by atoms with Crippen molar-refractivity contribution in [2.24, 2.45) is 7.05 Å². The molecule has 3 aromatic heterocycles. The molecule has 7 heteroatoms. The first-order valence-corrected chi connectivity index (χ1v) is 7.48. The molecule has 0 saturated heterocycles. The van der Waals surface area contributed by atoms with Gasteiger partial charge in [0.15, 0.2) is 5.65 Å². The topological polar surface area (TPSA) is 48.5 Å². The highest BCUT2D eigenvalue weighted by Gasteiger charge is 2.22. The van der Waals surface area contributed by atoms with Gasteiger partial charge in [0.1, 0.15) is 0 Å². The van der Waals surface area contributed by atoms with Crippen molar-refractivity contribution in [3.63, 3.8) is 0 Å². The molecule has 0 N–H and O–H groups in total. The zero-order valence-corrected chi connectivity index (χ0v) is 13.8. The maximum Gasteiger partial charge on any atom is 0.264 e. The summed E-state index contributed by atoms with van der Waals surface area (Å²) < 4.78 is 30.6. The molecule has 3 heterocycles. The van der Waals surface area contributed by atoms with E-state index in [1.165, 1.54) is 6.07 Å². The molecule has 3 aromatic rings. The quantitative estimate of drug-likeness (QED) is 0.734. The maximum atomic E-state index is 13.6. The van der Waals surface area contributed by atoms with Crippen molar-refractivity contribution in [3.05, 3.63) is 29.2 Å². The fraction of sp³-hybridized carbons (Fsp3) is 0.438. The van der Waals surface area contributed by atoms with E-state index in [0.717, 1.165) is 11.3 Å². The van der Waals surface area contributed by atoms with Gasteiger partial charge in [0.2, 0.25) is 0 Å². The van der Waals surface area contributed by atoms with Crippen LogP contribution in [0, 0.1) is 13.8 Å². The van der Waals surface area contributed by atoms with Gasteiger partial charge in [-0.3, -0.25) is 4.68 Å². The number of alkyl halides is 2. The lowest BCUT2D eigenvalue weighted by molar-refractivity contribution is 0.153. The molecule has 0 aliphatic carbocycles. The van der Waals surface area contributed by atoms with E-state index in [4.69, 9.17) is 0 Å². The van der Waals surface area contributed by atoms with Gasteiger partial charge >= 0.3 is 0 Å². The van der Waals surface area contributed by atoms with Crippen molar-refractivity contribution >= 4 is 11.0 Å². The largest absolute Gasteiger partial charge is 0.275 e. The van der Waals surface area contributed by atoms with Crippen LogP contribution in [0.15, 0.2) is 12.3 Å². The minimum absolute atomic E-state index is 0.0300. The molecule has 0 bridgehead atoms. The molecule has 122 valence electrons. The second kappa shape index (κ2) is 5.40. The lowest BCUT2D eigenvalue weighted by atomic mass is 10.1. The zero-order valence-electron chi connectivity index (χ0n) is 13.8. The van der Waals surface area contributed by atoms with E-state index in [2.05, 4.69) is 15.2 Å². The highest BCUT2D eigenvalue weighted by Crippen LogP contribution is 2.34. The SMILES string of the molecule is Cc1nn(C)cc1-c1cc(C(F)F)c2c(C)nn(C(C)C)c2n1. The van der Waals surface area contributed by atoms with Crippen molar-refractivity contribution in [2.75, 3.05) is 0 Å². The number of hydrogen-bond acceptors (Lipinski definition) is 3. The normalized spacial score (nSPS) is 12.0. The van der Waals surface area contributed by atoms with Crippen molar-refractivity contribution < 1.29 is 8.78 Å². The predicted molar refractivity (Wildman–Crippen MR) is 84.5 cm³/mol. The van der Waals surface area contributed by atoms with Crippen LogP contribution in [0.25, 0.3) is 22.3 Å². The Morgan fingerprint density at radius 2 is 1.78 bits per heavy atom. The summed E-state index contributed by atoms with van der Waals surface area (Å²) in [6, 6.07) is 1.49. The number of aryl methyl sites for hydroxylation is 3. The Morgan fingerprint density at radius 1 is 1.09 bits per heavy atom. The van der Waals surface area contributed by atoms with Gasteiger partial charge in [-0.15, -0.1) is 0 Å². The monoisotopic (exact) mass is 319 g/mol. The fourth-order valence-electron chi connectivity index (χ4n) is 2.87. The van der Waals surface area contributed by atoms with Crippen LogP contribution in [0.3, 0.4) is 0 Å². The third kappa shape index (κ3) is 2.50. The molecule has 0 unspecified atom stereocenters. The van der Waals surface area contributed by atoms with Crippen molar-refractivity contribution in [1.82, 2.24) is 24.5 Å². The number of hydrogen-bond donors (Lipinski definition) is 0. The second-order valence-corrected chi connectivity index (χ2v) is 6.02. The number of aromatic nitrogens is 5. The minimum atomic E-state index is -2.58. The Balaban J connectivity index is 2.37. The van der Waals surface area contributed by atoms with Crippen LogP contribution in [0.1, 0.15) is 43.3 Å². The maximum absolute atomic E-state index is 13.6. The fourth-order valence-corrected chi connectivity index (χ4v) is 2.87. The summed E-state index contributed by atoms with van der Waals surface area (Å²) in [5.74, 6) is 0. The first-order chi connectivity index (χ1) is 10.8. The third-order valence-corrected chi connectivity index (χ3v) is 3.88. The van der Waals surface area contributed by atoms with E-state index in [1.54, 1.807) is 29.5 Å². The summed E-state index contributed by atoms with van der Waals surface area (Å²) in [7, 11) is 1.80. The van der Waals surface area contributed by atoms with Gasteiger partial charge < -0.3 is 0 Å². The summed E-state index contributed by atoms with van der Waals surface area (Å²) in [5.41, 5.74) is 3.05. The first kappa shape index (κ1) is 15.6. The van der Waals surface area contributed by atoms with Crippen molar-refractivity contribution in [3.8, 4) is 11.3 Å². The van der Waals surface area contributed by atoms with Crippen LogP contribution in [-0.2, 0) is 7.05 Å². The average Bonchev–Trinajstić information content (AvgIpc) is 2.98.